The number of rotatable bonds is 6. The highest BCUT2D eigenvalue weighted by atomic mass is 32.1. The lowest BCUT2D eigenvalue weighted by Gasteiger charge is -2.23. The number of anilines is 1. The smallest absolute Gasteiger partial charge is 0.280 e. The molecule has 0 radical (unpaired) electrons. The first-order valence-electron chi connectivity index (χ1n) is 10.2. The summed E-state index contributed by atoms with van der Waals surface area (Å²) in [6, 6.07) is 7.28. The van der Waals surface area contributed by atoms with Crippen molar-refractivity contribution in [3.8, 4) is 5.75 Å². The molecule has 7 heteroatoms. The average Bonchev–Trinajstić information content (AvgIpc) is 3.11. The number of hydrogen-bond acceptors (Lipinski definition) is 5. The molecule has 4 rings (SSSR count). The van der Waals surface area contributed by atoms with Gasteiger partial charge in [0.05, 0.1) is 31.5 Å². The Balaban J connectivity index is 1.63. The second-order valence-electron chi connectivity index (χ2n) is 7.53. The topological polar surface area (TPSA) is 69.1 Å². The number of quaternary nitrogens is 1. The molecule has 2 aromatic rings. The summed E-state index contributed by atoms with van der Waals surface area (Å²) in [6.07, 6.45) is 4.05. The number of fused-ring (bicyclic) bond motifs is 1. The molecule has 154 valence electrons. The fraction of sp³-hybridized carbons (Fsp3) is 0.455. The van der Waals surface area contributed by atoms with Crippen LogP contribution in [0.1, 0.15) is 39.2 Å². The normalized spacial score (nSPS) is 16.9. The number of ketones is 1. The molecule has 0 atom stereocenters. The molecule has 1 aliphatic heterocycles. The van der Waals surface area contributed by atoms with Gasteiger partial charge in [-0.25, -0.2) is 0 Å². The summed E-state index contributed by atoms with van der Waals surface area (Å²) >= 11 is 1.56. The van der Waals surface area contributed by atoms with E-state index < -0.39 is 0 Å². The Labute approximate surface area is 174 Å². The summed E-state index contributed by atoms with van der Waals surface area (Å²) in [5.74, 6) is 0.439. The number of ether oxygens (including phenoxy) is 2. The fourth-order valence-corrected chi connectivity index (χ4v) is 5.40. The van der Waals surface area contributed by atoms with Gasteiger partial charge in [0.25, 0.3) is 5.91 Å². The minimum Gasteiger partial charge on any atom is -0.496 e. The number of carbonyl (C=O) groups excluding carboxylic acids is 2. The third-order valence-electron chi connectivity index (χ3n) is 5.61. The maximum Gasteiger partial charge on any atom is 0.280 e. The molecule has 0 bridgehead atoms. The van der Waals surface area contributed by atoms with Crippen LogP contribution in [-0.2, 0) is 22.4 Å². The van der Waals surface area contributed by atoms with Crippen molar-refractivity contribution >= 4 is 28.0 Å². The van der Waals surface area contributed by atoms with Crippen molar-refractivity contribution in [3.63, 3.8) is 0 Å². The number of carbonyl (C=O) groups is 2. The minimum absolute atomic E-state index is 0.0467. The van der Waals surface area contributed by atoms with Crippen LogP contribution < -0.4 is 15.0 Å². The molecular weight excluding hydrogens is 388 g/mol. The second kappa shape index (κ2) is 9.07. The zero-order valence-corrected chi connectivity index (χ0v) is 17.5. The molecule has 2 aliphatic rings. The number of benzene rings is 1. The van der Waals surface area contributed by atoms with Crippen molar-refractivity contribution in [2.24, 2.45) is 0 Å². The quantitative estimate of drug-likeness (QED) is 0.705. The van der Waals surface area contributed by atoms with Gasteiger partial charge in [-0.3, -0.25) is 9.59 Å². The van der Waals surface area contributed by atoms with Gasteiger partial charge < -0.3 is 19.7 Å². The summed E-state index contributed by atoms with van der Waals surface area (Å²) in [4.78, 5) is 28.7. The maximum atomic E-state index is 13.5. The highest BCUT2D eigenvalue weighted by molar-refractivity contribution is 7.17. The number of methoxy groups -OCH3 is 1. The predicted octanol–water partition coefficient (Wildman–Crippen LogP) is 1.72. The monoisotopic (exact) mass is 415 g/mol. The minimum atomic E-state index is -0.0733. The van der Waals surface area contributed by atoms with Crippen molar-refractivity contribution in [2.45, 2.75) is 25.7 Å². The largest absolute Gasteiger partial charge is 0.496 e. The molecule has 29 heavy (non-hydrogen) atoms. The number of nitrogens with one attached hydrogen (secondary N) is 2. The number of amides is 1. The number of aryl methyl sites for hydroxylation is 1. The van der Waals surface area contributed by atoms with E-state index in [4.69, 9.17) is 9.47 Å². The van der Waals surface area contributed by atoms with Crippen LogP contribution in [0, 0.1) is 0 Å². The molecule has 1 saturated heterocycles. The lowest BCUT2D eigenvalue weighted by atomic mass is 9.91. The van der Waals surface area contributed by atoms with E-state index in [1.807, 2.05) is 12.1 Å². The van der Waals surface area contributed by atoms with E-state index in [0.717, 1.165) is 44.3 Å². The van der Waals surface area contributed by atoms with Crippen LogP contribution in [0.3, 0.4) is 0 Å². The molecule has 1 aromatic heterocycles. The number of thiophene rings is 1. The molecule has 1 aromatic carbocycles. The summed E-state index contributed by atoms with van der Waals surface area (Å²) < 4.78 is 10.8. The SMILES string of the molecule is COc1ccccc1C(=O)c1c(NC(=O)C[NH+]2CCOCC2)sc2c1CCCC2. The standard InChI is InChI=1S/C22H26N2O4S/c1-27-17-8-4-2-6-15(17)21(26)20-16-7-3-5-9-18(16)29-22(20)23-19(25)14-24-10-12-28-13-11-24/h2,4,6,8H,3,5,7,9-14H2,1H3,(H,23,25)/p+1. The molecule has 0 spiro atoms. The molecule has 1 fully saturated rings. The van der Waals surface area contributed by atoms with Gasteiger partial charge >= 0.3 is 0 Å². The summed E-state index contributed by atoms with van der Waals surface area (Å²) in [5, 5.41) is 3.75. The van der Waals surface area contributed by atoms with E-state index in [1.54, 1.807) is 30.6 Å². The summed E-state index contributed by atoms with van der Waals surface area (Å²) in [6.45, 7) is 3.44. The van der Waals surface area contributed by atoms with Crippen molar-refractivity contribution < 1.29 is 24.0 Å². The Morgan fingerprint density at radius 3 is 2.72 bits per heavy atom. The summed E-state index contributed by atoms with van der Waals surface area (Å²) in [5.41, 5.74) is 2.29. The number of hydrogen-bond donors (Lipinski definition) is 2. The van der Waals surface area contributed by atoms with Gasteiger partial charge in [0.2, 0.25) is 0 Å². The van der Waals surface area contributed by atoms with E-state index in [2.05, 4.69) is 5.32 Å². The molecule has 0 saturated carbocycles. The zero-order valence-electron chi connectivity index (χ0n) is 16.7. The Kier molecular flexibility index (Phi) is 6.28. The molecule has 6 nitrogen and oxygen atoms in total. The van der Waals surface area contributed by atoms with Crippen LogP contribution in [0.25, 0.3) is 0 Å². The fourth-order valence-electron chi connectivity index (χ4n) is 4.10. The van der Waals surface area contributed by atoms with Gasteiger partial charge in [0.15, 0.2) is 12.3 Å². The Morgan fingerprint density at radius 2 is 1.93 bits per heavy atom. The van der Waals surface area contributed by atoms with Crippen molar-refractivity contribution in [2.75, 3.05) is 45.3 Å². The van der Waals surface area contributed by atoms with E-state index >= 15 is 0 Å². The van der Waals surface area contributed by atoms with E-state index in [9.17, 15) is 9.59 Å². The van der Waals surface area contributed by atoms with Gasteiger partial charge in [-0.1, -0.05) is 12.1 Å². The third kappa shape index (κ3) is 4.37. The van der Waals surface area contributed by atoms with Crippen LogP contribution >= 0.6 is 11.3 Å². The molecular formula is C22H27N2O4S+. The first-order chi connectivity index (χ1) is 14.2. The van der Waals surface area contributed by atoms with Gasteiger partial charge in [0, 0.05) is 4.88 Å². The first-order valence-corrected chi connectivity index (χ1v) is 11.0. The van der Waals surface area contributed by atoms with E-state index in [0.29, 0.717) is 41.6 Å². The molecule has 0 unspecified atom stereocenters. The second-order valence-corrected chi connectivity index (χ2v) is 8.64. The van der Waals surface area contributed by atoms with Crippen molar-refractivity contribution in [3.05, 3.63) is 45.8 Å². The Bertz CT molecular complexity index is 902. The van der Waals surface area contributed by atoms with Crippen LogP contribution in [0.5, 0.6) is 5.75 Å². The average molecular weight is 416 g/mol. The number of para-hydroxylation sites is 1. The Morgan fingerprint density at radius 1 is 1.17 bits per heavy atom. The predicted molar refractivity (Wildman–Crippen MR) is 112 cm³/mol. The van der Waals surface area contributed by atoms with Gasteiger partial charge in [-0.15, -0.1) is 11.3 Å². The highest BCUT2D eigenvalue weighted by Crippen LogP contribution is 2.40. The molecule has 1 amide bonds. The molecule has 2 N–H and O–H groups in total. The van der Waals surface area contributed by atoms with Gasteiger partial charge in [-0.2, -0.15) is 0 Å². The molecule has 2 heterocycles. The third-order valence-corrected chi connectivity index (χ3v) is 6.82. The van der Waals surface area contributed by atoms with Crippen LogP contribution in [0.4, 0.5) is 5.00 Å². The lowest BCUT2D eigenvalue weighted by Crippen LogP contribution is -3.15. The lowest BCUT2D eigenvalue weighted by molar-refractivity contribution is -0.899. The van der Waals surface area contributed by atoms with Crippen LogP contribution in [-0.4, -0.2) is 51.6 Å². The summed E-state index contributed by atoms with van der Waals surface area (Å²) in [7, 11) is 1.57. The van der Waals surface area contributed by atoms with Crippen molar-refractivity contribution in [1.82, 2.24) is 0 Å². The van der Waals surface area contributed by atoms with Gasteiger partial charge in [-0.05, 0) is 43.4 Å². The molecule has 1 aliphatic carbocycles. The van der Waals surface area contributed by atoms with E-state index in [-0.39, 0.29) is 11.7 Å². The van der Waals surface area contributed by atoms with Gasteiger partial charge in [0.1, 0.15) is 23.8 Å². The maximum absolute atomic E-state index is 13.5. The number of morpholine rings is 1. The highest BCUT2D eigenvalue weighted by Gasteiger charge is 2.29. The zero-order chi connectivity index (χ0) is 20.2. The first kappa shape index (κ1) is 20.1. The van der Waals surface area contributed by atoms with Crippen LogP contribution in [0.2, 0.25) is 0 Å². The van der Waals surface area contributed by atoms with E-state index in [1.165, 1.54) is 9.78 Å². The van der Waals surface area contributed by atoms with Crippen molar-refractivity contribution in [1.29, 1.82) is 0 Å². The Hall–Kier alpha value is -2.22. The van der Waals surface area contributed by atoms with Crippen LogP contribution in [0.15, 0.2) is 24.3 Å².